The molecule has 2 fully saturated rings. The summed E-state index contributed by atoms with van der Waals surface area (Å²) in [7, 11) is 0. The number of carbonyl (C=O) groups excluding carboxylic acids is 2. The van der Waals surface area contributed by atoms with Gasteiger partial charge in [0.15, 0.2) is 0 Å². The molecule has 1 saturated heterocycles. The van der Waals surface area contributed by atoms with E-state index in [0.717, 1.165) is 44.2 Å². The van der Waals surface area contributed by atoms with Crippen LogP contribution in [0.2, 0.25) is 0 Å². The Hall–Kier alpha value is -3.03. The highest BCUT2D eigenvalue weighted by Gasteiger charge is 2.27. The minimum absolute atomic E-state index is 0.0945. The van der Waals surface area contributed by atoms with Gasteiger partial charge in [-0.1, -0.05) is 12.8 Å². The van der Waals surface area contributed by atoms with Gasteiger partial charge in [-0.25, -0.2) is 9.97 Å². The maximum Gasteiger partial charge on any atom is 0.274 e. The van der Waals surface area contributed by atoms with E-state index < -0.39 is 0 Å². The standard InChI is InChI=1S/C21H26N6O2/c22-19-16(20(28)25-15-3-1-2-4-15)5-6-17(26-19)14-7-11-27(12-8-14)21(29)18-13-23-9-10-24-18/h5-6,9-10,13-15H,1-4,7-8,11-12H2,(H2,22,26)(H,25,28). The molecule has 0 atom stereocenters. The van der Waals surface area contributed by atoms with Crippen molar-refractivity contribution in [2.75, 3.05) is 18.8 Å². The summed E-state index contributed by atoms with van der Waals surface area (Å²) in [5.74, 6) is 0.256. The maximum atomic E-state index is 12.5. The summed E-state index contributed by atoms with van der Waals surface area (Å²) in [4.78, 5) is 39.3. The van der Waals surface area contributed by atoms with Crippen molar-refractivity contribution in [1.29, 1.82) is 0 Å². The molecule has 0 unspecified atom stereocenters. The summed E-state index contributed by atoms with van der Waals surface area (Å²) in [5, 5.41) is 3.05. The Labute approximate surface area is 169 Å². The second-order valence-corrected chi connectivity index (χ2v) is 7.78. The monoisotopic (exact) mass is 394 g/mol. The molecule has 0 aromatic carbocycles. The van der Waals surface area contributed by atoms with Crippen LogP contribution in [-0.2, 0) is 0 Å². The quantitative estimate of drug-likeness (QED) is 0.821. The van der Waals surface area contributed by atoms with Crippen LogP contribution in [-0.4, -0.2) is 50.8 Å². The minimum Gasteiger partial charge on any atom is -0.383 e. The molecule has 0 radical (unpaired) electrons. The van der Waals surface area contributed by atoms with Crippen LogP contribution < -0.4 is 11.1 Å². The number of nitrogens with two attached hydrogens (primary N) is 1. The molecular weight excluding hydrogens is 368 g/mol. The second kappa shape index (κ2) is 8.55. The lowest BCUT2D eigenvalue weighted by Crippen LogP contribution is -2.38. The van der Waals surface area contributed by atoms with E-state index in [0.29, 0.717) is 24.3 Å². The lowest BCUT2D eigenvalue weighted by Gasteiger charge is -2.31. The molecule has 1 saturated carbocycles. The number of carbonyl (C=O) groups is 2. The Morgan fingerprint density at radius 3 is 2.48 bits per heavy atom. The zero-order valence-electron chi connectivity index (χ0n) is 16.4. The largest absolute Gasteiger partial charge is 0.383 e. The Morgan fingerprint density at radius 2 is 1.83 bits per heavy atom. The molecule has 8 heteroatoms. The number of likely N-dealkylation sites (tertiary alicyclic amines) is 1. The van der Waals surface area contributed by atoms with Gasteiger partial charge in [0.05, 0.1) is 11.8 Å². The second-order valence-electron chi connectivity index (χ2n) is 7.78. The van der Waals surface area contributed by atoms with E-state index in [2.05, 4.69) is 20.3 Å². The van der Waals surface area contributed by atoms with Crippen LogP contribution in [0.5, 0.6) is 0 Å². The van der Waals surface area contributed by atoms with E-state index in [4.69, 9.17) is 5.73 Å². The Kier molecular flexibility index (Phi) is 5.69. The summed E-state index contributed by atoms with van der Waals surface area (Å²) < 4.78 is 0. The van der Waals surface area contributed by atoms with Gasteiger partial charge in [0.2, 0.25) is 0 Å². The first-order valence-corrected chi connectivity index (χ1v) is 10.2. The molecule has 29 heavy (non-hydrogen) atoms. The highest BCUT2D eigenvalue weighted by Crippen LogP contribution is 2.28. The molecule has 1 aliphatic heterocycles. The summed E-state index contributed by atoms with van der Waals surface area (Å²) >= 11 is 0. The van der Waals surface area contributed by atoms with E-state index in [9.17, 15) is 9.59 Å². The molecule has 0 bridgehead atoms. The number of rotatable bonds is 4. The maximum absolute atomic E-state index is 12.5. The van der Waals surface area contributed by atoms with Gasteiger partial charge in [-0.15, -0.1) is 0 Å². The van der Waals surface area contributed by atoms with Crippen LogP contribution in [0.25, 0.3) is 0 Å². The fourth-order valence-electron chi connectivity index (χ4n) is 4.19. The lowest BCUT2D eigenvalue weighted by molar-refractivity contribution is 0.0705. The average molecular weight is 394 g/mol. The fraction of sp³-hybridized carbons (Fsp3) is 0.476. The smallest absolute Gasteiger partial charge is 0.274 e. The molecule has 2 aliphatic rings. The molecule has 152 valence electrons. The van der Waals surface area contributed by atoms with E-state index in [1.165, 1.54) is 12.4 Å². The van der Waals surface area contributed by atoms with Crippen molar-refractivity contribution in [3.63, 3.8) is 0 Å². The first-order chi connectivity index (χ1) is 14.1. The van der Waals surface area contributed by atoms with Crippen molar-refractivity contribution in [1.82, 2.24) is 25.2 Å². The summed E-state index contributed by atoms with van der Waals surface area (Å²) in [6.45, 7) is 1.26. The van der Waals surface area contributed by atoms with E-state index in [1.54, 1.807) is 17.2 Å². The first kappa shape index (κ1) is 19.3. The number of nitrogen functional groups attached to an aromatic ring is 1. The number of piperidine rings is 1. The van der Waals surface area contributed by atoms with Gasteiger partial charge in [-0.3, -0.25) is 14.6 Å². The number of nitrogens with zero attached hydrogens (tertiary/aromatic N) is 4. The van der Waals surface area contributed by atoms with Crippen molar-refractivity contribution >= 4 is 17.6 Å². The highest BCUT2D eigenvalue weighted by molar-refractivity contribution is 5.98. The first-order valence-electron chi connectivity index (χ1n) is 10.2. The van der Waals surface area contributed by atoms with Crippen LogP contribution in [0.3, 0.4) is 0 Å². The van der Waals surface area contributed by atoms with Crippen molar-refractivity contribution in [2.24, 2.45) is 0 Å². The zero-order valence-corrected chi connectivity index (χ0v) is 16.4. The van der Waals surface area contributed by atoms with Crippen LogP contribution >= 0.6 is 0 Å². The number of amides is 2. The van der Waals surface area contributed by atoms with E-state index in [1.807, 2.05) is 6.07 Å². The molecule has 8 nitrogen and oxygen atoms in total. The van der Waals surface area contributed by atoms with Crippen molar-refractivity contribution < 1.29 is 9.59 Å². The molecule has 3 heterocycles. The van der Waals surface area contributed by atoms with Crippen LogP contribution in [0.4, 0.5) is 5.82 Å². The molecule has 2 amide bonds. The van der Waals surface area contributed by atoms with Crippen LogP contribution in [0.1, 0.15) is 71.0 Å². The van der Waals surface area contributed by atoms with Crippen LogP contribution in [0.15, 0.2) is 30.7 Å². The third kappa shape index (κ3) is 4.36. The van der Waals surface area contributed by atoms with Crippen LogP contribution in [0, 0.1) is 0 Å². The average Bonchev–Trinajstić information content (AvgIpc) is 3.27. The molecular formula is C21H26N6O2. The molecule has 2 aromatic heterocycles. The fourth-order valence-corrected chi connectivity index (χ4v) is 4.19. The van der Waals surface area contributed by atoms with Gasteiger partial charge in [0.1, 0.15) is 11.5 Å². The van der Waals surface area contributed by atoms with Gasteiger partial charge in [0.25, 0.3) is 11.8 Å². The number of hydrogen-bond acceptors (Lipinski definition) is 6. The third-order valence-electron chi connectivity index (χ3n) is 5.86. The topological polar surface area (TPSA) is 114 Å². The van der Waals surface area contributed by atoms with E-state index >= 15 is 0 Å². The van der Waals surface area contributed by atoms with Gasteiger partial charge >= 0.3 is 0 Å². The highest BCUT2D eigenvalue weighted by atomic mass is 16.2. The summed E-state index contributed by atoms with van der Waals surface area (Å²) in [6, 6.07) is 3.92. The van der Waals surface area contributed by atoms with Crippen molar-refractivity contribution in [3.05, 3.63) is 47.7 Å². The SMILES string of the molecule is Nc1nc(C2CCN(C(=O)c3cnccn3)CC2)ccc1C(=O)NC1CCCC1. The molecule has 1 aliphatic carbocycles. The van der Waals surface area contributed by atoms with Crippen molar-refractivity contribution in [3.8, 4) is 0 Å². The van der Waals surface area contributed by atoms with Gasteiger partial charge < -0.3 is 16.0 Å². The predicted octanol–water partition coefficient (Wildman–Crippen LogP) is 2.15. The number of aromatic nitrogens is 3. The molecule has 4 rings (SSSR count). The zero-order chi connectivity index (χ0) is 20.2. The number of hydrogen-bond donors (Lipinski definition) is 2. The van der Waals surface area contributed by atoms with Gasteiger partial charge in [-0.2, -0.15) is 0 Å². The number of anilines is 1. The Bertz CT molecular complexity index is 874. The Morgan fingerprint density at radius 1 is 1.07 bits per heavy atom. The normalized spacial score (nSPS) is 18.0. The van der Waals surface area contributed by atoms with Gasteiger partial charge in [0, 0.05) is 43.1 Å². The summed E-state index contributed by atoms with van der Waals surface area (Å²) in [6.07, 6.45) is 10.6. The summed E-state index contributed by atoms with van der Waals surface area (Å²) in [5.41, 5.74) is 7.79. The third-order valence-corrected chi connectivity index (χ3v) is 5.86. The lowest BCUT2D eigenvalue weighted by atomic mass is 9.92. The molecule has 3 N–H and O–H groups in total. The number of nitrogens with one attached hydrogen (secondary N) is 1. The minimum atomic E-state index is -0.141. The van der Waals surface area contributed by atoms with E-state index in [-0.39, 0.29) is 29.6 Å². The number of pyridine rings is 1. The Balaban J connectivity index is 1.36. The van der Waals surface area contributed by atoms with Crippen molar-refractivity contribution in [2.45, 2.75) is 50.5 Å². The molecule has 2 aromatic rings. The van der Waals surface area contributed by atoms with Gasteiger partial charge in [-0.05, 0) is 37.8 Å². The predicted molar refractivity (Wildman–Crippen MR) is 108 cm³/mol. The molecule has 0 spiro atoms.